The van der Waals surface area contributed by atoms with Gasteiger partial charge >= 0.3 is 5.97 Å². The fraction of sp³-hybridized carbons (Fsp3) is 0.267. The Hall–Kier alpha value is -2.63. The summed E-state index contributed by atoms with van der Waals surface area (Å²) in [6, 6.07) is 7.01. The number of aromatic nitrogens is 3. The minimum absolute atomic E-state index is 0.295. The van der Waals surface area contributed by atoms with Crippen molar-refractivity contribution in [2.24, 2.45) is 0 Å². The van der Waals surface area contributed by atoms with Crippen LogP contribution in [0, 0.1) is 0 Å². The normalized spacial score (nSPS) is 11.1. The van der Waals surface area contributed by atoms with Crippen LogP contribution in [0.5, 0.6) is 0 Å². The fourth-order valence-electron chi connectivity index (χ4n) is 2.37. The van der Waals surface area contributed by atoms with E-state index < -0.39 is 5.97 Å². The molecule has 0 saturated heterocycles. The first kappa shape index (κ1) is 13.4. The molecule has 3 rings (SSSR count). The van der Waals surface area contributed by atoms with Crippen LogP contribution in [0.15, 0.2) is 35.0 Å². The van der Waals surface area contributed by atoms with Gasteiger partial charge in [0.25, 0.3) is 0 Å². The minimum atomic E-state index is -0.929. The molecule has 0 saturated carbocycles. The molecule has 2 aromatic heterocycles. The highest BCUT2D eigenvalue weighted by Crippen LogP contribution is 2.21. The number of hydrogen-bond acceptors (Lipinski definition) is 4. The summed E-state index contributed by atoms with van der Waals surface area (Å²) in [6.45, 7) is 2.49. The molecule has 0 radical (unpaired) electrons. The Balaban J connectivity index is 1.93. The first-order chi connectivity index (χ1) is 10.2. The molecule has 2 heterocycles. The number of benzene rings is 1. The number of rotatable bonds is 5. The monoisotopic (exact) mass is 285 g/mol. The Bertz CT molecular complexity index is 788. The molecule has 0 spiro atoms. The zero-order valence-corrected chi connectivity index (χ0v) is 11.6. The van der Waals surface area contributed by atoms with Crippen LogP contribution in [0.1, 0.15) is 35.4 Å². The quantitative estimate of drug-likeness (QED) is 0.779. The lowest BCUT2D eigenvalue weighted by atomic mass is 10.1. The van der Waals surface area contributed by atoms with Crippen LogP contribution in [0.3, 0.4) is 0 Å². The molecule has 6 nitrogen and oxygen atoms in total. The molecule has 1 aromatic carbocycles. The fourth-order valence-corrected chi connectivity index (χ4v) is 2.37. The number of aryl methyl sites for hydroxylation is 1. The minimum Gasteiger partial charge on any atom is -0.478 e. The Morgan fingerprint density at radius 2 is 2.24 bits per heavy atom. The SMILES string of the molecule is CCCc1noc(Cn2ccc3c(C(=O)O)cccc32)n1. The molecule has 0 aliphatic rings. The summed E-state index contributed by atoms with van der Waals surface area (Å²) in [5.41, 5.74) is 1.13. The van der Waals surface area contributed by atoms with Crippen molar-refractivity contribution in [3.63, 3.8) is 0 Å². The van der Waals surface area contributed by atoms with Crippen LogP contribution < -0.4 is 0 Å². The van der Waals surface area contributed by atoms with Crippen LogP contribution in [0.25, 0.3) is 10.9 Å². The summed E-state index contributed by atoms with van der Waals surface area (Å²) in [6.07, 6.45) is 3.59. The lowest BCUT2D eigenvalue weighted by Gasteiger charge is -2.02. The third-order valence-corrected chi connectivity index (χ3v) is 3.33. The summed E-state index contributed by atoms with van der Waals surface area (Å²) < 4.78 is 7.13. The largest absolute Gasteiger partial charge is 0.478 e. The Morgan fingerprint density at radius 1 is 1.38 bits per heavy atom. The molecule has 108 valence electrons. The number of carboxylic acids is 1. The molecule has 6 heteroatoms. The molecule has 0 unspecified atom stereocenters. The summed E-state index contributed by atoms with van der Waals surface area (Å²) in [4.78, 5) is 15.5. The summed E-state index contributed by atoms with van der Waals surface area (Å²) in [5.74, 6) is 0.299. The number of aromatic carboxylic acids is 1. The maximum absolute atomic E-state index is 11.2. The third kappa shape index (κ3) is 2.52. The second kappa shape index (κ2) is 5.40. The third-order valence-electron chi connectivity index (χ3n) is 3.33. The topological polar surface area (TPSA) is 81.2 Å². The second-order valence-corrected chi connectivity index (χ2v) is 4.84. The lowest BCUT2D eigenvalue weighted by Crippen LogP contribution is -2.00. The van der Waals surface area contributed by atoms with Gasteiger partial charge in [0, 0.05) is 23.5 Å². The first-order valence-electron chi connectivity index (χ1n) is 6.81. The predicted octanol–water partition coefficient (Wildman–Crippen LogP) is 2.72. The highest BCUT2D eigenvalue weighted by molar-refractivity contribution is 6.02. The number of fused-ring (bicyclic) bond motifs is 1. The summed E-state index contributed by atoms with van der Waals surface area (Å²) >= 11 is 0. The highest BCUT2D eigenvalue weighted by atomic mass is 16.5. The van der Waals surface area contributed by atoms with Gasteiger partial charge in [0.05, 0.1) is 5.56 Å². The molecule has 0 bridgehead atoms. The molecule has 0 amide bonds. The van der Waals surface area contributed by atoms with Gasteiger partial charge in [0.2, 0.25) is 5.89 Å². The van der Waals surface area contributed by atoms with Gasteiger partial charge in [-0.2, -0.15) is 4.98 Å². The lowest BCUT2D eigenvalue weighted by molar-refractivity contribution is 0.0699. The highest BCUT2D eigenvalue weighted by Gasteiger charge is 2.12. The maximum atomic E-state index is 11.2. The van der Waals surface area contributed by atoms with Crippen molar-refractivity contribution in [1.82, 2.24) is 14.7 Å². The van der Waals surface area contributed by atoms with Crippen LogP contribution in [-0.2, 0) is 13.0 Å². The van der Waals surface area contributed by atoms with Gasteiger partial charge in [-0.25, -0.2) is 4.79 Å². The Labute approximate surface area is 121 Å². The molecule has 0 aliphatic carbocycles. The summed E-state index contributed by atoms with van der Waals surface area (Å²) in [7, 11) is 0. The van der Waals surface area contributed by atoms with Gasteiger partial charge < -0.3 is 14.2 Å². The van der Waals surface area contributed by atoms with Crippen LogP contribution in [0.4, 0.5) is 0 Å². The van der Waals surface area contributed by atoms with E-state index in [0.29, 0.717) is 29.2 Å². The van der Waals surface area contributed by atoms with E-state index in [0.717, 1.165) is 18.4 Å². The van der Waals surface area contributed by atoms with E-state index in [4.69, 9.17) is 4.52 Å². The second-order valence-electron chi connectivity index (χ2n) is 4.84. The standard InChI is InChI=1S/C15H15N3O3/c1-2-4-13-16-14(21-17-13)9-18-8-7-10-11(15(19)20)5-3-6-12(10)18/h3,5-8H,2,4,9H2,1H3,(H,19,20). The van der Waals surface area contributed by atoms with Crippen molar-refractivity contribution >= 4 is 16.9 Å². The molecular weight excluding hydrogens is 270 g/mol. The van der Waals surface area contributed by atoms with Crippen molar-refractivity contribution in [3.05, 3.63) is 47.7 Å². The van der Waals surface area contributed by atoms with Crippen molar-refractivity contribution in [3.8, 4) is 0 Å². The van der Waals surface area contributed by atoms with E-state index in [9.17, 15) is 9.90 Å². The van der Waals surface area contributed by atoms with Crippen LogP contribution in [0.2, 0.25) is 0 Å². The van der Waals surface area contributed by atoms with Gasteiger partial charge in [-0.3, -0.25) is 0 Å². The van der Waals surface area contributed by atoms with Crippen molar-refractivity contribution in [2.75, 3.05) is 0 Å². The van der Waals surface area contributed by atoms with Gasteiger partial charge in [0.1, 0.15) is 6.54 Å². The smallest absolute Gasteiger partial charge is 0.336 e. The predicted molar refractivity (Wildman–Crippen MR) is 76.3 cm³/mol. The zero-order chi connectivity index (χ0) is 14.8. The van der Waals surface area contributed by atoms with Gasteiger partial charge in [-0.15, -0.1) is 0 Å². The van der Waals surface area contributed by atoms with Crippen molar-refractivity contribution < 1.29 is 14.4 Å². The summed E-state index contributed by atoms with van der Waals surface area (Å²) in [5, 5.41) is 13.8. The van der Waals surface area contributed by atoms with Gasteiger partial charge in [-0.1, -0.05) is 18.1 Å². The number of carbonyl (C=O) groups is 1. The molecule has 0 fully saturated rings. The Morgan fingerprint density at radius 3 is 3.00 bits per heavy atom. The van der Waals surface area contributed by atoms with Crippen LogP contribution >= 0.6 is 0 Å². The van der Waals surface area contributed by atoms with E-state index in [1.165, 1.54) is 0 Å². The molecule has 3 aromatic rings. The zero-order valence-electron chi connectivity index (χ0n) is 11.6. The van der Waals surface area contributed by atoms with Crippen molar-refractivity contribution in [2.45, 2.75) is 26.3 Å². The number of nitrogens with zero attached hydrogens (tertiary/aromatic N) is 3. The van der Waals surface area contributed by atoms with E-state index in [1.54, 1.807) is 18.2 Å². The number of carboxylic acid groups (broad SMARTS) is 1. The van der Waals surface area contributed by atoms with Crippen molar-refractivity contribution in [1.29, 1.82) is 0 Å². The molecule has 1 N–H and O–H groups in total. The van der Waals surface area contributed by atoms with E-state index in [-0.39, 0.29) is 0 Å². The average Bonchev–Trinajstić information content (AvgIpc) is 3.07. The number of hydrogen-bond donors (Lipinski definition) is 1. The van der Waals surface area contributed by atoms with E-state index >= 15 is 0 Å². The molecular formula is C15H15N3O3. The van der Waals surface area contributed by atoms with E-state index in [2.05, 4.69) is 17.1 Å². The molecule has 0 aliphatic heterocycles. The van der Waals surface area contributed by atoms with Gasteiger partial charge in [0.15, 0.2) is 5.82 Å². The average molecular weight is 285 g/mol. The van der Waals surface area contributed by atoms with Crippen LogP contribution in [-0.4, -0.2) is 25.8 Å². The Kier molecular flexibility index (Phi) is 3.43. The maximum Gasteiger partial charge on any atom is 0.336 e. The van der Waals surface area contributed by atoms with Gasteiger partial charge in [-0.05, 0) is 24.6 Å². The first-order valence-corrected chi connectivity index (χ1v) is 6.81. The van der Waals surface area contributed by atoms with E-state index in [1.807, 2.05) is 16.8 Å². The molecule has 21 heavy (non-hydrogen) atoms. The molecule has 0 atom stereocenters.